The molecule has 0 aliphatic carbocycles. The molecule has 2 aromatic heterocycles. The van der Waals surface area contributed by atoms with E-state index in [0.29, 0.717) is 5.52 Å². The highest BCUT2D eigenvalue weighted by Gasteiger charge is 2.09. The van der Waals surface area contributed by atoms with Gasteiger partial charge in [0.15, 0.2) is 5.82 Å². The van der Waals surface area contributed by atoms with Crippen molar-refractivity contribution < 1.29 is 10.3 Å². The number of hydrogen-bond acceptors (Lipinski definition) is 4. The molecule has 6 nitrogen and oxygen atoms in total. The molecule has 0 radical (unpaired) electrons. The Kier molecular flexibility index (Phi) is 2.93. The number of amides is 1. The summed E-state index contributed by atoms with van der Waals surface area (Å²) < 4.78 is 33.8. The van der Waals surface area contributed by atoms with Gasteiger partial charge in [-0.25, -0.2) is 4.98 Å². The van der Waals surface area contributed by atoms with Gasteiger partial charge in [-0.15, -0.1) is 10.2 Å². The van der Waals surface area contributed by atoms with Crippen LogP contribution in [-0.4, -0.2) is 25.7 Å². The van der Waals surface area contributed by atoms with Crippen LogP contribution in [0.15, 0.2) is 61.0 Å². The Morgan fingerprint density at radius 3 is 2.69 bits per heavy atom. The molecular weight excluding hydrogens is 326 g/mol. The van der Waals surface area contributed by atoms with Crippen molar-refractivity contribution in [1.82, 2.24) is 19.7 Å². The molecule has 2 aromatic carbocycles. The van der Waals surface area contributed by atoms with Crippen molar-refractivity contribution in [2.45, 2.75) is 6.92 Å². The van der Waals surface area contributed by atoms with Crippen molar-refractivity contribution in [2.75, 3.05) is 5.32 Å². The lowest BCUT2D eigenvalue weighted by molar-refractivity contribution is 0.102. The maximum atomic E-state index is 12.7. The minimum absolute atomic E-state index is 0.145. The van der Waals surface area contributed by atoms with Gasteiger partial charge in [-0.3, -0.25) is 4.79 Å². The minimum atomic E-state index is -0.775. The van der Waals surface area contributed by atoms with Crippen LogP contribution in [0.2, 0.25) is 0 Å². The molecule has 0 aliphatic rings. The molecule has 0 saturated carbocycles. The van der Waals surface area contributed by atoms with Crippen LogP contribution in [0.25, 0.3) is 22.2 Å². The molecule has 4 rings (SSSR count). The summed E-state index contributed by atoms with van der Waals surface area (Å²) in [6.07, 6.45) is 3.45. The smallest absolute Gasteiger partial charge is 0.256 e. The van der Waals surface area contributed by atoms with E-state index in [1.54, 1.807) is 18.6 Å². The summed E-state index contributed by atoms with van der Waals surface area (Å²) in [4.78, 5) is 16.8. The molecule has 1 N–H and O–H groups in total. The van der Waals surface area contributed by atoms with E-state index in [2.05, 4.69) is 20.5 Å². The van der Waals surface area contributed by atoms with Crippen molar-refractivity contribution >= 4 is 22.6 Å². The fraction of sp³-hybridized carbons (Fsp3) is 0.100. The molecule has 2 heterocycles. The van der Waals surface area contributed by atoms with E-state index >= 15 is 0 Å². The van der Waals surface area contributed by atoms with E-state index in [-0.39, 0.29) is 29.0 Å². The fourth-order valence-electron chi connectivity index (χ4n) is 2.57. The number of hydrogen-bond donors (Lipinski definition) is 1. The van der Waals surface area contributed by atoms with E-state index in [1.165, 1.54) is 6.92 Å². The van der Waals surface area contributed by atoms with Gasteiger partial charge in [0, 0.05) is 23.6 Å². The normalized spacial score (nSPS) is 13.0. The average molecular weight is 347 g/mol. The lowest BCUT2D eigenvalue weighted by Gasteiger charge is -2.07. The molecule has 128 valence electrons. The number of fused-ring (bicyclic) bond motifs is 1. The number of aryl methyl sites for hydroxylation is 1. The van der Waals surface area contributed by atoms with E-state index in [0.717, 1.165) is 16.6 Å². The first-order valence-electron chi connectivity index (χ1n) is 9.90. The maximum Gasteiger partial charge on any atom is 0.256 e. The predicted octanol–water partition coefficient (Wildman–Crippen LogP) is 3.59. The Labute approximate surface area is 156 Å². The number of carbonyl (C=O) groups is 1. The quantitative estimate of drug-likeness (QED) is 0.615. The Bertz CT molecular complexity index is 1290. The first-order chi connectivity index (χ1) is 14.3. The summed E-state index contributed by atoms with van der Waals surface area (Å²) in [6.45, 7) is 1.48. The topological polar surface area (TPSA) is 72.7 Å². The highest BCUT2D eigenvalue weighted by atomic mass is 16.1. The van der Waals surface area contributed by atoms with Crippen molar-refractivity contribution in [2.24, 2.45) is 7.05 Å². The fourth-order valence-corrected chi connectivity index (χ4v) is 2.57. The zero-order chi connectivity index (χ0) is 21.6. The summed E-state index contributed by atoms with van der Waals surface area (Å²) >= 11 is 0. The molecule has 0 spiro atoms. The van der Waals surface area contributed by atoms with Crippen molar-refractivity contribution in [3.05, 3.63) is 72.1 Å². The van der Waals surface area contributed by atoms with Crippen molar-refractivity contribution in [3.8, 4) is 11.3 Å². The third-order valence-electron chi connectivity index (χ3n) is 3.92. The van der Waals surface area contributed by atoms with Crippen LogP contribution in [-0.2, 0) is 7.05 Å². The van der Waals surface area contributed by atoms with Gasteiger partial charge in [-0.2, -0.15) is 0 Å². The Balaban J connectivity index is 1.71. The molecule has 0 aliphatic heterocycles. The molecule has 26 heavy (non-hydrogen) atoms. The molecular formula is C20H17N5O. The number of rotatable bonds is 3. The first-order valence-corrected chi connectivity index (χ1v) is 7.90. The van der Waals surface area contributed by atoms with Gasteiger partial charge < -0.3 is 9.88 Å². The molecule has 1 amide bonds. The standard InChI is InChI=1S/C20H17N5O/c1-13-3-5-14(6-4-13)20(26)22-19-10-16-9-15(7-8-17(16)23-24-19)18-11-21-12-25(18)2/h3-12H,1-2H3,(H,22,24,26)/i3D,4D,5D,6D. The number of benzene rings is 2. The molecule has 0 saturated heterocycles. The van der Waals surface area contributed by atoms with Crippen LogP contribution >= 0.6 is 0 Å². The van der Waals surface area contributed by atoms with Crippen LogP contribution in [0, 0.1) is 6.92 Å². The van der Waals surface area contributed by atoms with Gasteiger partial charge >= 0.3 is 0 Å². The largest absolute Gasteiger partial charge is 0.334 e. The molecule has 0 bridgehead atoms. The summed E-state index contributed by atoms with van der Waals surface area (Å²) in [6, 6.07) is 6.00. The van der Waals surface area contributed by atoms with Gasteiger partial charge in [0.25, 0.3) is 5.91 Å². The molecule has 6 heteroatoms. The van der Waals surface area contributed by atoms with Crippen LogP contribution in [0.3, 0.4) is 0 Å². The lowest BCUT2D eigenvalue weighted by atomic mass is 10.1. The van der Waals surface area contributed by atoms with Crippen LogP contribution in [0.5, 0.6) is 0 Å². The number of anilines is 1. The van der Waals surface area contributed by atoms with E-state index in [9.17, 15) is 4.79 Å². The number of nitrogens with one attached hydrogen (secondary N) is 1. The Morgan fingerprint density at radius 1 is 1.15 bits per heavy atom. The van der Waals surface area contributed by atoms with Gasteiger partial charge in [-0.05, 0) is 37.2 Å². The van der Waals surface area contributed by atoms with Gasteiger partial charge in [-0.1, -0.05) is 23.7 Å². The molecule has 0 unspecified atom stereocenters. The molecule has 4 aromatic rings. The highest BCUT2D eigenvalue weighted by Crippen LogP contribution is 2.24. The minimum Gasteiger partial charge on any atom is -0.334 e. The van der Waals surface area contributed by atoms with Crippen LogP contribution < -0.4 is 5.32 Å². The van der Waals surface area contributed by atoms with Crippen molar-refractivity contribution in [1.29, 1.82) is 0 Å². The number of aromatic nitrogens is 4. The number of nitrogens with zero attached hydrogens (tertiary/aromatic N) is 4. The third-order valence-corrected chi connectivity index (χ3v) is 3.92. The van der Waals surface area contributed by atoms with Gasteiger partial charge in [0.2, 0.25) is 0 Å². The maximum absolute atomic E-state index is 12.7. The SMILES string of the molecule is [2H]c1c([2H])c(C(=O)Nc2cc3cc(-c4cncn4C)ccc3nn2)c([2H])c([2H])c1C. The zero-order valence-electron chi connectivity index (χ0n) is 18.2. The first kappa shape index (κ1) is 11.9. The van der Waals surface area contributed by atoms with E-state index in [1.807, 2.05) is 29.8 Å². The monoisotopic (exact) mass is 347 g/mol. The Hall–Kier alpha value is -3.54. The number of carbonyl (C=O) groups excluding carboxylic acids is 1. The molecule has 0 fully saturated rings. The summed E-state index contributed by atoms with van der Waals surface area (Å²) in [5, 5.41) is 11.4. The van der Waals surface area contributed by atoms with Crippen molar-refractivity contribution in [3.63, 3.8) is 0 Å². The lowest BCUT2D eigenvalue weighted by Crippen LogP contribution is -2.13. The highest BCUT2D eigenvalue weighted by molar-refractivity contribution is 6.04. The predicted molar refractivity (Wildman–Crippen MR) is 101 cm³/mol. The summed E-state index contributed by atoms with van der Waals surface area (Å²) in [7, 11) is 1.89. The van der Waals surface area contributed by atoms with Crippen LogP contribution in [0.1, 0.15) is 21.4 Å². The summed E-state index contributed by atoms with van der Waals surface area (Å²) in [5.41, 5.74) is 2.34. The Morgan fingerprint density at radius 2 is 1.96 bits per heavy atom. The second-order valence-corrected chi connectivity index (χ2v) is 5.85. The van der Waals surface area contributed by atoms with E-state index in [4.69, 9.17) is 5.48 Å². The third kappa shape index (κ3) is 3.04. The molecule has 0 atom stereocenters. The van der Waals surface area contributed by atoms with E-state index < -0.39 is 18.0 Å². The zero-order valence-corrected chi connectivity index (χ0v) is 14.2. The average Bonchev–Trinajstić information content (AvgIpc) is 3.16. The second-order valence-electron chi connectivity index (χ2n) is 5.85. The number of imidazole rings is 1. The van der Waals surface area contributed by atoms with Crippen LogP contribution in [0.4, 0.5) is 5.82 Å². The second kappa shape index (κ2) is 6.40. The van der Waals surface area contributed by atoms with Gasteiger partial charge in [0.1, 0.15) is 0 Å². The van der Waals surface area contributed by atoms with Gasteiger partial charge in [0.05, 0.1) is 29.2 Å². The summed E-state index contributed by atoms with van der Waals surface area (Å²) in [5.74, 6) is -0.629.